The highest BCUT2D eigenvalue weighted by molar-refractivity contribution is 5.82. The molecule has 1 fully saturated rings. The van der Waals surface area contributed by atoms with E-state index in [4.69, 9.17) is 9.15 Å². The molecule has 0 aromatic carbocycles. The van der Waals surface area contributed by atoms with Crippen LogP contribution in [0.15, 0.2) is 29.1 Å². The molecule has 4 rings (SSSR count). The lowest BCUT2D eigenvalue weighted by Crippen LogP contribution is -2.12. The fourth-order valence-corrected chi connectivity index (χ4v) is 2.93. The molecule has 7 nitrogen and oxygen atoms in total. The molecule has 126 valence electrons. The quantitative estimate of drug-likeness (QED) is 0.739. The molecule has 1 unspecified atom stereocenters. The maximum Gasteiger partial charge on any atom is 0.312 e. The normalized spacial score (nSPS) is 18.6. The summed E-state index contributed by atoms with van der Waals surface area (Å²) in [6.45, 7) is 1.09. The zero-order valence-corrected chi connectivity index (χ0v) is 13.1. The standard InChI is InChI=1S/C16H18FN5O2/c17-16-20-14(18-9-11-5-4-8-23-11)13-15(21-16)22(10-19-13)12-6-2-1-3-7-24-12/h4-5,8,10,12H,1-3,6-7,9H2,(H,18,20,21). The molecule has 0 saturated carbocycles. The van der Waals surface area contributed by atoms with Crippen LogP contribution in [0.1, 0.15) is 37.7 Å². The number of nitrogens with one attached hydrogen (secondary N) is 1. The highest BCUT2D eigenvalue weighted by Gasteiger charge is 2.20. The number of aromatic nitrogens is 4. The average molecular weight is 331 g/mol. The van der Waals surface area contributed by atoms with Crippen LogP contribution < -0.4 is 5.32 Å². The van der Waals surface area contributed by atoms with E-state index in [-0.39, 0.29) is 6.23 Å². The number of halogens is 1. The zero-order chi connectivity index (χ0) is 16.4. The Morgan fingerprint density at radius 3 is 3.12 bits per heavy atom. The Labute approximate surface area is 137 Å². The van der Waals surface area contributed by atoms with E-state index < -0.39 is 6.08 Å². The van der Waals surface area contributed by atoms with E-state index in [9.17, 15) is 4.39 Å². The van der Waals surface area contributed by atoms with Crippen molar-refractivity contribution in [3.63, 3.8) is 0 Å². The van der Waals surface area contributed by atoms with E-state index in [2.05, 4.69) is 20.3 Å². The van der Waals surface area contributed by atoms with E-state index >= 15 is 0 Å². The molecule has 3 aromatic heterocycles. The molecule has 8 heteroatoms. The summed E-state index contributed by atoms with van der Waals surface area (Å²) >= 11 is 0. The molecule has 4 heterocycles. The van der Waals surface area contributed by atoms with Gasteiger partial charge in [-0.25, -0.2) is 4.98 Å². The van der Waals surface area contributed by atoms with Crippen molar-refractivity contribution < 1.29 is 13.5 Å². The van der Waals surface area contributed by atoms with E-state index in [0.29, 0.717) is 30.1 Å². The van der Waals surface area contributed by atoms with Gasteiger partial charge in [-0.2, -0.15) is 14.4 Å². The third-order valence-electron chi connectivity index (χ3n) is 4.12. The molecule has 0 amide bonds. The van der Waals surface area contributed by atoms with Gasteiger partial charge >= 0.3 is 6.08 Å². The number of rotatable bonds is 4. The summed E-state index contributed by atoms with van der Waals surface area (Å²) in [4.78, 5) is 12.1. The Morgan fingerprint density at radius 2 is 2.25 bits per heavy atom. The SMILES string of the molecule is Fc1nc(NCc2ccco2)c2ncn(C3CCCCCO3)c2n1. The first-order chi connectivity index (χ1) is 11.8. The largest absolute Gasteiger partial charge is 0.467 e. The Balaban J connectivity index is 1.65. The van der Waals surface area contributed by atoms with Crippen LogP contribution in [-0.4, -0.2) is 26.1 Å². The minimum Gasteiger partial charge on any atom is -0.467 e. The Hall–Kier alpha value is -2.48. The second-order valence-electron chi connectivity index (χ2n) is 5.77. The first kappa shape index (κ1) is 15.1. The lowest BCUT2D eigenvalue weighted by atomic mass is 10.2. The number of furan rings is 1. The van der Waals surface area contributed by atoms with Gasteiger partial charge in [-0.15, -0.1) is 0 Å². The van der Waals surface area contributed by atoms with Crippen LogP contribution in [0, 0.1) is 6.08 Å². The van der Waals surface area contributed by atoms with Crippen molar-refractivity contribution in [1.29, 1.82) is 0 Å². The molecule has 3 aromatic rings. The van der Waals surface area contributed by atoms with Gasteiger partial charge in [0.1, 0.15) is 12.0 Å². The van der Waals surface area contributed by atoms with E-state index in [1.807, 2.05) is 6.07 Å². The molecule has 0 bridgehead atoms. The summed E-state index contributed by atoms with van der Waals surface area (Å²) in [5.41, 5.74) is 0.965. The van der Waals surface area contributed by atoms with Gasteiger partial charge in [0.15, 0.2) is 17.0 Å². The van der Waals surface area contributed by atoms with Crippen molar-refractivity contribution in [3.05, 3.63) is 36.6 Å². The summed E-state index contributed by atoms with van der Waals surface area (Å²) in [6.07, 6.45) is 6.40. The minimum absolute atomic E-state index is 0.162. The number of hydrogen-bond donors (Lipinski definition) is 1. The number of ether oxygens (including phenoxy) is 1. The molecule has 1 atom stereocenters. The maximum atomic E-state index is 13.9. The van der Waals surface area contributed by atoms with Gasteiger partial charge < -0.3 is 14.5 Å². The highest BCUT2D eigenvalue weighted by Crippen LogP contribution is 2.27. The molecule has 0 spiro atoms. The van der Waals surface area contributed by atoms with Gasteiger partial charge in [-0.1, -0.05) is 6.42 Å². The van der Waals surface area contributed by atoms with Gasteiger partial charge in [0, 0.05) is 6.61 Å². The predicted molar refractivity (Wildman–Crippen MR) is 84.8 cm³/mol. The van der Waals surface area contributed by atoms with Crippen LogP contribution >= 0.6 is 0 Å². The summed E-state index contributed by atoms with van der Waals surface area (Å²) in [7, 11) is 0. The third kappa shape index (κ3) is 2.96. The molecule has 1 N–H and O–H groups in total. The number of anilines is 1. The Bertz CT molecular complexity index is 809. The smallest absolute Gasteiger partial charge is 0.312 e. The summed E-state index contributed by atoms with van der Waals surface area (Å²) in [5, 5.41) is 3.06. The summed E-state index contributed by atoms with van der Waals surface area (Å²) in [6, 6.07) is 3.63. The van der Waals surface area contributed by atoms with E-state index in [0.717, 1.165) is 31.4 Å². The first-order valence-corrected chi connectivity index (χ1v) is 8.09. The van der Waals surface area contributed by atoms with Crippen molar-refractivity contribution in [2.45, 2.75) is 38.5 Å². The molecule has 1 aliphatic heterocycles. The van der Waals surface area contributed by atoms with Crippen LogP contribution in [0.4, 0.5) is 10.2 Å². The van der Waals surface area contributed by atoms with Crippen LogP contribution in [0.5, 0.6) is 0 Å². The molecule has 0 aliphatic carbocycles. The third-order valence-corrected chi connectivity index (χ3v) is 4.12. The van der Waals surface area contributed by atoms with Gasteiger partial charge in [0.05, 0.1) is 19.1 Å². The van der Waals surface area contributed by atoms with Gasteiger partial charge in [-0.05, 0) is 31.4 Å². The van der Waals surface area contributed by atoms with Crippen molar-refractivity contribution in [3.8, 4) is 0 Å². The van der Waals surface area contributed by atoms with Crippen molar-refractivity contribution >= 4 is 17.0 Å². The topological polar surface area (TPSA) is 78.0 Å². The van der Waals surface area contributed by atoms with Crippen LogP contribution in [-0.2, 0) is 11.3 Å². The maximum absolute atomic E-state index is 13.9. The van der Waals surface area contributed by atoms with Crippen molar-refractivity contribution in [2.75, 3.05) is 11.9 Å². The highest BCUT2D eigenvalue weighted by atomic mass is 19.1. The van der Waals surface area contributed by atoms with Crippen LogP contribution in [0.3, 0.4) is 0 Å². The van der Waals surface area contributed by atoms with Crippen molar-refractivity contribution in [1.82, 2.24) is 19.5 Å². The second-order valence-corrected chi connectivity index (χ2v) is 5.77. The van der Waals surface area contributed by atoms with Crippen LogP contribution in [0.2, 0.25) is 0 Å². The average Bonchev–Trinajstić information content (AvgIpc) is 3.16. The number of nitrogens with zero attached hydrogens (tertiary/aromatic N) is 4. The van der Waals surface area contributed by atoms with E-state index in [1.165, 1.54) is 0 Å². The number of hydrogen-bond acceptors (Lipinski definition) is 6. The molecule has 0 radical (unpaired) electrons. The minimum atomic E-state index is -0.792. The number of fused-ring (bicyclic) bond motifs is 1. The monoisotopic (exact) mass is 331 g/mol. The predicted octanol–water partition coefficient (Wildman–Crippen LogP) is 3.26. The molecule has 24 heavy (non-hydrogen) atoms. The van der Waals surface area contributed by atoms with Gasteiger partial charge in [-0.3, -0.25) is 4.57 Å². The summed E-state index contributed by atoms with van der Waals surface area (Å²) in [5.74, 6) is 1.08. The molecular formula is C16H18FN5O2. The fourth-order valence-electron chi connectivity index (χ4n) is 2.93. The lowest BCUT2D eigenvalue weighted by Gasteiger charge is -2.16. The molecule has 1 saturated heterocycles. The molecule has 1 aliphatic rings. The fraction of sp³-hybridized carbons (Fsp3) is 0.438. The van der Waals surface area contributed by atoms with Crippen LogP contribution in [0.25, 0.3) is 11.2 Å². The Morgan fingerprint density at radius 1 is 1.29 bits per heavy atom. The van der Waals surface area contributed by atoms with Gasteiger partial charge in [0.25, 0.3) is 0 Å². The second kappa shape index (κ2) is 6.56. The first-order valence-electron chi connectivity index (χ1n) is 8.09. The zero-order valence-electron chi connectivity index (χ0n) is 13.1. The van der Waals surface area contributed by atoms with Gasteiger partial charge in [0.2, 0.25) is 0 Å². The van der Waals surface area contributed by atoms with Crippen molar-refractivity contribution in [2.24, 2.45) is 0 Å². The van der Waals surface area contributed by atoms with E-state index in [1.54, 1.807) is 23.2 Å². The molecular weight excluding hydrogens is 313 g/mol. The number of imidazole rings is 1. The summed E-state index contributed by atoms with van der Waals surface area (Å²) < 4.78 is 26.8. The lowest BCUT2D eigenvalue weighted by molar-refractivity contribution is 0.00928. The Kier molecular flexibility index (Phi) is 4.12.